The van der Waals surface area contributed by atoms with Gasteiger partial charge in [0.05, 0.1) is 12.6 Å². The molecule has 1 fully saturated rings. The fourth-order valence-corrected chi connectivity index (χ4v) is 1.96. The number of nitrogens with one attached hydrogen (secondary N) is 3. The molecule has 20 heavy (non-hydrogen) atoms. The maximum Gasteiger partial charge on any atom is 0.243 e. The fraction of sp³-hybridized carbons (Fsp3) is 0.357. The highest BCUT2D eigenvalue weighted by Crippen LogP contribution is 2.03. The van der Waals surface area contributed by atoms with Crippen LogP contribution in [0.25, 0.3) is 0 Å². The third-order valence-corrected chi connectivity index (χ3v) is 3.08. The molecule has 6 nitrogen and oxygen atoms in total. The normalized spacial score (nSPS) is 18.5. The van der Waals surface area contributed by atoms with Crippen molar-refractivity contribution in [1.29, 1.82) is 0 Å². The molecular formula is C14H17N3O3. The molecule has 0 saturated carbocycles. The van der Waals surface area contributed by atoms with Gasteiger partial charge in [0.2, 0.25) is 17.7 Å². The summed E-state index contributed by atoms with van der Waals surface area (Å²) in [5.74, 6) is -0.808. The first-order chi connectivity index (χ1) is 9.65. The lowest BCUT2D eigenvalue weighted by Gasteiger charge is -2.21. The molecule has 0 aromatic heterocycles. The number of hydrogen-bond donors (Lipinski definition) is 3. The molecule has 0 spiro atoms. The molecule has 3 N–H and O–H groups in total. The van der Waals surface area contributed by atoms with Crippen LogP contribution in [0.3, 0.4) is 0 Å². The van der Waals surface area contributed by atoms with E-state index in [9.17, 15) is 14.4 Å². The number of hydrogen-bond acceptors (Lipinski definition) is 4. The Morgan fingerprint density at radius 1 is 1.25 bits per heavy atom. The van der Waals surface area contributed by atoms with Crippen molar-refractivity contribution in [3.05, 3.63) is 35.9 Å². The standard InChI is InChI=1S/C14H17N3O3/c18-12-7-6-11(14(20)17-12)15-9-13(19)16-8-10-4-2-1-3-5-10/h1-5,11,15H,6-9H2,(H,16,19)(H,17,18,20). The summed E-state index contributed by atoms with van der Waals surface area (Å²) >= 11 is 0. The molecule has 1 aromatic carbocycles. The first-order valence-electron chi connectivity index (χ1n) is 6.53. The van der Waals surface area contributed by atoms with E-state index in [0.717, 1.165) is 5.56 Å². The van der Waals surface area contributed by atoms with E-state index in [0.29, 0.717) is 19.4 Å². The average molecular weight is 275 g/mol. The summed E-state index contributed by atoms with van der Waals surface area (Å²) in [4.78, 5) is 34.1. The molecule has 1 aliphatic rings. The molecule has 0 aliphatic carbocycles. The van der Waals surface area contributed by atoms with Crippen LogP contribution in [-0.4, -0.2) is 30.3 Å². The third-order valence-electron chi connectivity index (χ3n) is 3.08. The minimum atomic E-state index is -0.477. The Morgan fingerprint density at radius 3 is 2.70 bits per heavy atom. The molecule has 0 radical (unpaired) electrons. The Bertz CT molecular complexity index is 502. The number of imide groups is 1. The predicted octanol–water partition coefficient (Wildman–Crippen LogP) is -0.302. The fourth-order valence-electron chi connectivity index (χ4n) is 1.96. The molecule has 0 bridgehead atoms. The lowest BCUT2D eigenvalue weighted by molar-refractivity contribution is -0.134. The van der Waals surface area contributed by atoms with Crippen LogP contribution in [0.4, 0.5) is 0 Å². The highest BCUT2D eigenvalue weighted by atomic mass is 16.2. The Hall–Kier alpha value is -2.21. The minimum absolute atomic E-state index is 0.0547. The van der Waals surface area contributed by atoms with Gasteiger partial charge in [-0.2, -0.15) is 0 Å². The molecule has 6 heteroatoms. The van der Waals surface area contributed by atoms with Gasteiger partial charge in [-0.25, -0.2) is 0 Å². The van der Waals surface area contributed by atoms with Crippen molar-refractivity contribution in [3.63, 3.8) is 0 Å². The lowest BCUT2D eigenvalue weighted by atomic mass is 10.1. The van der Waals surface area contributed by atoms with E-state index >= 15 is 0 Å². The average Bonchev–Trinajstić information content (AvgIpc) is 2.45. The molecule has 1 saturated heterocycles. The SMILES string of the molecule is O=C(CNC1CCC(=O)NC1=O)NCc1ccccc1. The van der Waals surface area contributed by atoms with Crippen LogP contribution in [0.15, 0.2) is 30.3 Å². The van der Waals surface area contributed by atoms with E-state index in [1.807, 2.05) is 30.3 Å². The van der Waals surface area contributed by atoms with E-state index < -0.39 is 6.04 Å². The summed E-state index contributed by atoms with van der Waals surface area (Å²) in [6.45, 7) is 0.510. The van der Waals surface area contributed by atoms with Gasteiger partial charge in [0.15, 0.2) is 0 Å². The molecule has 106 valence electrons. The second-order valence-corrected chi connectivity index (χ2v) is 4.65. The Morgan fingerprint density at radius 2 is 2.00 bits per heavy atom. The molecule has 1 heterocycles. The topological polar surface area (TPSA) is 87.3 Å². The van der Waals surface area contributed by atoms with E-state index in [-0.39, 0.29) is 24.3 Å². The maximum absolute atomic E-state index is 11.7. The number of piperidine rings is 1. The quantitative estimate of drug-likeness (QED) is 0.644. The summed E-state index contributed by atoms with van der Waals surface area (Å²) in [7, 11) is 0. The molecule has 1 aliphatic heterocycles. The number of amides is 3. The lowest BCUT2D eigenvalue weighted by Crippen LogP contribution is -2.52. The summed E-state index contributed by atoms with van der Waals surface area (Å²) in [5, 5.41) is 7.85. The van der Waals surface area contributed by atoms with Gasteiger partial charge in [0, 0.05) is 13.0 Å². The smallest absolute Gasteiger partial charge is 0.243 e. The van der Waals surface area contributed by atoms with Gasteiger partial charge in [0.25, 0.3) is 0 Å². The third kappa shape index (κ3) is 4.17. The van der Waals surface area contributed by atoms with Crippen LogP contribution < -0.4 is 16.0 Å². The Balaban J connectivity index is 1.70. The van der Waals surface area contributed by atoms with Crippen molar-refractivity contribution in [2.24, 2.45) is 0 Å². The number of rotatable bonds is 5. The second kappa shape index (κ2) is 6.81. The first kappa shape index (κ1) is 14.2. The van der Waals surface area contributed by atoms with Gasteiger partial charge < -0.3 is 5.32 Å². The summed E-state index contributed by atoms with van der Waals surface area (Å²) in [5.41, 5.74) is 1.02. The van der Waals surface area contributed by atoms with Crippen LogP contribution in [-0.2, 0) is 20.9 Å². The number of carbonyl (C=O) groups excluding carboxylic acids is 3. The van der Waals surface area contributed by atoms with Crippen molar-refractivity contribution in [1.82, 2.24) is 16.0 Å². The van der Waals surface area contributed by atoms with Gasteiger partial charge in [-0.15, -0.1) is 0 Å². The van der Waals surface area contributed by atoms with E-state index in [4.69, 9.17) is 0 Å². The molecular weight excluding hydrogens is 258 g/mol. The predicted molar refractivity (Wildman–Crippen MR) is 72.5 cm³/mol. The molecule has 3 amide bonds. The molecule has 1 aromatic rings. The summed E-state index contributed by atoms with van der Waals surface area (Å²) in [6, 6.07) is 9.10. The van der Waals surface area contributed by atoms with Crippen LogP contribution >= 0.6 is 0 Å². The van der Waals surface area contributed by atoms with Gasteiger partial charge in [-0.3, -0.25) is 25.0 Å². The largest absolute Gasteiger partial charge is 0.351 e. The second-order valence-electron chi connectivity index (χ2n) is 4.65. The zero-order valence-corrected chi connectivity index (χ0v) is 11.0. The number of benzene rings is 1. The minimum Gasteiger partial charge on any atom is -0.351 e. The highest BCUT2D eigenvalue weighted by Gasteiger charge is 2.26. The number of carbonyl (C=O) groups is 3. The maximum atomic E-state index is 11.7. The zero-order valence-electron chi connectivity index (χ0n) is 11.0. The van der Waals surface area contributed by atoms with Crippen LogP contribution in [0.1, 0.15) is 18.4 Å². The van der Waals surface area contributed by atoms with Crippen molar-refractivity contribution in [2.75, 3.05) is 6.54 Å². The molecule has 1 atom stereocenters. The van der Waals surface area contributed by atoms with E-state index in [2.05, 4.69) is 16.0 Å². The van der Waals surface area contributed by atoms with E-state index in [1.54, 1.807) is 0 Å². The zero-order chi connectivity index (χ0) is 14.4. The van der Waals surface area contributed by atoms with Crippen molar-refractivity contribution in [3.8, 4) is 0 Å². The van der Waals surface area contributed by atoms with Gasteiger partial charge in [-0.1, -0.05) is 30.3 Å². The van der Waals surface area contributed by atoms with Crippen LogP contribution in [0.2, 0.25) is 0 Å². The van der Waals surface area contributed by atoms with Crippen molar-refractivity contribution < 1.29 is 14.4 Å². The highest BCUT2D eigenvalue weighted by molar-refractivity contribution is 6.00. The summed E-state index contributed by atoms with van der Waals surface area (Å²) in [6.07, 6.45) is 0.728. The van der Waals surface area contributed by atoms with Crippen molar-refractivity contribution in [2.45, 2.75) is 25.4 Å². The van der Waals surface area contributed by atoms with Gasteiger partial charge >= 0.3 is 0 Å². The Kier molecular flexibility index (Phi) is 4.84. The van der Waals surface area contributed by atoms with Gasteiger partial charge in [-0.05, 0) is 12.0 Å². The monoisotopic (exact) mass is 275 g/mol. The summed E-state index contributed by atoms with van der Waals surface area (Å²) < 4.78 is 0. The van der Waals surface area contributed by atoms with E-state index in [1.165, 1.54) is 0 Å². The Labute approximate surface area is 116 Å². The van der Waals surface area contributed by atoms with Gasteiger partial charge in [0.1, 0.15) is 0 Å². The molecule has 1 unspecified atom stereocenters. The van der Waals surface area contributed by atoms with Crippen molar-refractivity contribution >= 4 is 17.7 Å². The van der Waals surface area contributed by atoms with Crippen LogP contribution in [0, 0.1) is 0 Å². The molecule has 2 rings (SSSR count). The first-order valence-corrected chi connectivity index (χ1v) is 6.53. The van der Waals surface area contributed by atoms with Crippen LogP contribution in [0.5, 0.6) is 0 Å².